The maximum Gasteiger partial charge on any atom is 0.277 e. The van der Waals surface area contributed by atoms with E-state index in [0.717, 1.165) is 11.8 Å². The highest BCUT2D eigenvalue weighted by Gasteiger charge is 2.23. The number of anilines is 1. The standard InChI is InChI=1S/C22H22N4O6S2/c1-3-26(4-2)34(29,30)16-7-5-6-15(10-16)21-24-25-22(32-21)33-13-18(27)14-8-9-19-17(11-14)23-20(28)12-31-19/h5-11H,3-4,12-13H2,1-2H3,(H,23,28). The van der Waals surface area contributed by atoms with Crippen LogP contribution in [0.5, 0.6) is 5.75 Å². The minimum Gasteiger partial charge on any atom is -0.482 e. The second-order valence-corrected chi connectivity index (χ2v) is 10.1. The molecule has 0 saturated heterocycles. The molecular formula is C22H22N4O6S2. The van der Waals surface area contributed by atoms with E-state index in [4.69, 9.17) is 9.15 Å². The molecule has 1 aromatic heterocycles. The van der Waals surface area contributed by atoms with Gasteiger partial charge in [-0.3, -0.25) is 9.59 Å². The number of fused-ring (bicyclic) bond motifs is 1. The summed E-state index contributed by atoms with van der Waals surface area (Å²) < 4.78 is 37.9. The zero-order valence-electron chi connectivity index (χ0n) is 18.5. The minimum absolute atomic E-state index is 0.0333. The first kappa shape index (κ1) is 23.9. The number of carbonyl (C=O) groups excluding carboxylic acids is 2. The number of nitrogens with one attached hydrogen (secondary N) is 1. The van der Waals surface area contributed by atoms with Crippen molar-refractivity contribution in [1.82, 2.24) is 14.5 Å². The highest BCUT2D eigenvalue weighted by atomic mass is 32.2. The lowest BCUT2D eigenvalue weighted by molar-refractivity contribution is -0.118. The quantitative estimate of drug-likeness (QED) is 0.346. The van der Waals surface area contributed by atoms with Crippen LogP contribution in [-0.2, 0) is 14.8 Å². The predicted molar refractivity (Wildman–Crippen MR) is 125 cm³/mol. The SMILES string of the molecule is CCN(CC)S(=O)(=O)c1cccc(-c2nnc(SCC(=O)c3ccc4c(c3)NC(=O)CO4)o2)c1. The average Bonchev–Trinajstić information content (AvgIpc) is 3.32. The van der Waals surface area contributed by atoms with Crippen LogP contribution < -0.4 is 10.1 Å². The van der Waals surface area contributed by atoms with Gasteiger partial charge >= 0.3 is 0 Å². The van der Waals surface area contributed by atoms with Crippen molar-refractivity contribution in [1.29, 1.82) is 0 Å². The van der Waals surface area contributed by atoms with Gasteiger partial charge in [0.05, 0.1) is 16.3 Å². The molecule has 0 unspecified atom stereocenters. The number of carbonyl (C=O) groups is 2. The number of sulfonamides is 1. The van der Waals surface area contributed by atoms with E-state index >= 15 is 0 Å². The average molecular weight is 503 g/mol. The summed E-state index contributed by atoms with van der Waals surface area (Å²) in [6.45, 7) is 4.23. The van der Waals surface area contributed by atoms with Gasteiger partial charge < -0.3 is 14.5 Å². The van der Waals surface area contributed by atoms with Gasteiger partial charge in [-0.05, 0) is 36.4 Å². The molecule has 1 aliphatic rings. The molecule has 1 amide bonds. The van der Waals surface area contributed by atoms with Crippen LogP contribution in [0.1, 0.15) is 24.2 Å². The first-order valence-electron chi connectivity index (χ1n) is 10.5. The van der Waals surface area contributed by atoms with Gasteiger partial charge in [-0.25, -0.2) is 8.42 Å². The number of benzene rings is 2. The van der Waals surface area contributed by atoms with E-state index in [0.29, 0.717) is 35.7 Å². The third-order valence-corrected chi connectivity index (χ3v) is 7.96. The van der Waals surface area contributed by atoms with E-state index < -0.39 is 10.0 Å². The van der Waals surface area contributed by atoms with Crippen molar-refractivity contribution in [2.45, 2.75) is 24.0 Å². The summed E-state index contributed by atoms with van der Waals surface area (Å²) in [7, 11) is -3.63. The van der Waals surface area contributed by atoms with Gasteiger partial charge in [0, 0.05) is 24.2 Å². The van der Waals surface area contributed by atoms with E-state index in [-0.39, 0.29) is 40.1 Å². The molecule has 34 heavy (non-hydrogen) atoms. The van der Waals surface area contributed by atoms with Crippen LogP contribution in [0.4, 0.5) is 5.69 Å². The van der Waals surface area contributed by atoms with Gasteiger partial charge in [0.25, 0.3) is 11.1 Å². The monoisotopic (exact) mass is 502 g/mol. The summed E-state index contributed by atoms with van der Waals surface area (Å²) in [4.78, 5) is 24.2. The Labute approximate surface area is 200 Å². The molecule has 1 aliphatic heterocycles. The van der Waals surface area contributed by atoms with Crippen LogP contribution in [0.2, 0.25) is 0 Å². The topological polar surface area (TPSA) is 132 Å². The maximum atomic E-state index is 12.8. The van der Waals surface area contributed by atoms with Gasteiger partial charge in [-0.2, -0.15) is 4.31 Å². The van der Waals surface area contributed by atoms with E-state index in [9.17, 15) is 18.0 Å². The fourth-order valence-corrected chi connectivity index (χ4v) is 5.52. The number of amides is 1. The molecule has 1 N–H and O–H groups in total. The number of hydrogen-bond donors (Lipinski definition) is 1. The Morgan fingerprint density at radius 1 is 1.15 bits per heavy atom. The molecule has 0 spiro atoms. The molecule has 4 rings (SSSR count). The summed E-state index contributed by atoms with van der Waals surface area (Å²) >= 11 is 1.06. The Morgan fingerprint density at radius 2 is 1.94 bits per heavy atom. The lowest BCUT2D eigenvalue weighted by Crippen LogP contribution is -2.30. The zero-order chi connectivity index (χ0) is 24.3. The Morgan fingerprint density at radius 3 is 2.71 bits per heavy atom. The lowest BCUT2D eigenvalue weighted by Gasteiger charge is -2.18. The van der Waals surface area contributed by atoms with Crippen molar-refractivity contribution in [3.63, 3.8) is 0 Å². The van der Waals surface area contributed by atoms with Crippen LogP contribution in [0.25, 0.3) is 11.5 Å². The Bertz CT molecular complexity index is 1330. The first-order chi connectivity index (χ1) is 16.3. The fourth-order valence-electron chi connectivity index (χ4n) is 3.35. The van der Waals surface area contributed by atoms with Gasteiger partial charge in [-0.15, -0.1) is 10.2 Å². The number of hydrogen-bond acceptors (Lipinski definition) is 9. The number of nitrogens with zero attached hydrogens (tertiary/aromatic N) is 3. The van der Waals surface area contributed by atoms with Gasteiger partial charge in [0.2, 0.25) is 15.9 Å². The van der Waals surface area contributed by atoms with Crippen molar-refractivity contribution in [3.8, 4) is 17.2 Å². The van der Waals surface area contributed by atoms with E-state index in [1.807, 2.05) is 0 Å². The van der Waals surface area contributed by atoms with Crippen molar-refractivity contribution < 1.29 is 27.2 Å². The number of aromatic nitrogens is 2. The van der Waals surface area contributed by atoms with E-state index in [2.05, 4.69) is 15.5 Å². The Hall–Kier alpha value is -3.22. The molecular weight excluding hydrogens is 480 g/mol. The van der Waals surface area contributed by atoms with Crippen molar-refractivity contribution in [2.75, 3.05) is 30.8 Å². The fraction of sp³-hybridized carbons (Fsp3) is 0.273. The van der Waals surface area contributed by atoms with Crippen LogP contribution in [0.15, 0.2) is 57.0 Å². The number of Topliss-reactive ketones (excluding diaryl/α,β-unsaturated/α-hetero) is 1. The smallest absolute Gasteiger partial charge is 0.277 e. The molecule has 0 atom stereocenters. The molecule has 3 aromatic rings. The van der Waals surface area contributed by atoms with Crippen molar-refractivity contribution in [2.24, 2.45) is 0 Å². The van der Waals surface area contributed by atoms with Gasteiger partial charge in [0.1, 0.15) is 5.75 Å². The van der Waals surface area contributed by atoms with Crippen molar-refractivity contribution >= 4 is 39.2 Å². The molecule has 2 aromatic carbocycles. The molecule has 0 fully saturated rings. The van der Waals surface area contributed by atoms with Gasteiger partial charge in [0.15, 0.2) is 12.4 Å². The van der Waals surface area contributed by atoms with Crippen LogP contribution >= 0.6 is 11.8 Å². The molecule has 0 radical (unpaired) electrons. The molecule has 178 valence electrons. The van der Waals surface area contributed by atoms with Crippen LogP contribution in [0, 0.1) is 0 Å². The normalized spacial score (nSPS) is 13.3. The Kier molecular flexibility index (Phi) is 7.00. The summed E-state index contributed by atoms with van der Waals surface area (Å²) in [6.07, 6.45) is 0. The second-order valence-electron chi connectivity index (χ2n) is 7.25. The van der Waals surface area contributed by atoms with Crippen LogP contribution in [0.3, 0.4) is 0 Å². The summed E-state index contributed by atoms with van der Waals surface area (Å²) in [6, 6.07) is 11.1. The molecule has 10 nitrogen and oxygen atoms in total. The number of ether oxygens (including phenoxy) is 1. The summed E-state index contributed by atoms with van der Waals surface area (Å²) in [5.74, 6) is 0.222. The predicted octanol–water partition coefficient (Wildman–Crippen LogP) is 3.07. The molecule has 0 aliphatic carbocycles. The molecule has 12 heteroatoms. The number of rotatable bonds is 9. The molecule has 0 bridgehead atoms. The second kappa shape index (κ2) is 9.95. The van der Waals surface area contributed by atoms with E-state index in [1.165, 1.54) is 16.4 Å². The lowest BCUT2D eigenvalue weighted by atomic mass is 10.1. The minimum atomic E-state index is -3.63. The van der Waals surface area contributed by atoms with Gasteiger partial charge in [-0.1, -0.05) is 31.7 Å². The summed E-state index contributed by atoms with van der Waals surface area (Å²) in [5.41, 5.74) is 1.32. The van der Waals surface area contributed by atoms with Crippen molar-refractivity contribution in [3.05, 3.63) is 48.0 Å². The maximum absolute atomic E-state index is 12.8. The highest BCUT2D eigenvalue weighted by molar-refractivity contribution is 7.99. The zero-order valence-corrected chi connectivity index (χ0v) is 20.1. The summed E-state index contributed by atoms with van der Waals surface area (Å²) in [5, 5.41) is 10.8. The number of thioether (sulfide) groups is 1. The molecule has 0 saturated carbocycles. The first-order valence-corrected chi connectivity index (χ1v) is 12.9. The Balaban J connectivity index is 1.45. The molecule has 2 heterocycles. The third-order valence-electron chi connectivity index (χ3n) is 5.09. The highest BCUT2D eigenvalue weighted by Crippen LogP contribution is 2.30. The third kappa shape index (κ3) is 4.98. The number of ketones is 1. The van der Waals surface area contributed by atoms with Crippen LogP contribution in [-0.4, -0.2) is 60.1 Å². The largest absolute Gasteiger partial charge is 0.482 e. The van der Waals surface area contributed by atoms with E-state index in [1.54, 1.807) is 44.2 Å².